The highest BCUT2D eigenvalue weighted by atomic mass is 79.9. The van der Waals surface area contributed by atoms with Crippen LogP contribution in [0.2, 0.25) is 0 Å². The van der Waals surface area contributed by atoms with Gasteiger partial charge in [-0.1, -0.05) is 31.9 Å². The molecule has 0 fully saturated rings. The summed E-state index contributed by atoms with van der Waals surface area (Å²) in [7, 11) is -3.69. The summed E-state index contributed by atoms with van der Waals surface area (Å²) < 4.78 is 30.4. The van der Waals surface area contributed by atoms with Gasteiger partial charge in [0.25, 0.3) is 10.0 Å². The van der Waals surface area contributed by atoms with E-state index in [1.807, 2.05) is 6.92 Å². The molecule has 0 aliphatic rings. The van der Waals surface area contributed by atoms with Crippen molar-refractivity contribution in [2.75, 3.05) is 4.72 Å². The van der Waals surface area contributed by atoms with E-state index in [1.54, 1.807) is 30.3 Å². The largest absolute Gasteiger partial charge is 0.278 e. The average Bonchev–Trinajstić information content (AvgIpc) is 2.37. The van der Waals surface area contributed by atoms with E-state index in [0.717, 1.165) is 14.5 Å². The quantitative estimate of drug-likeness (QED) is 0.511. The van der Waals surface area contributed by atoms with Gasteiger partial charge in [0.2, 0.25) is 0 Å². The number of aryl methyl sites for hydroxylation is 1. The maximum Gasteiger partial charge on any atom is 0.263 e. The van der Waals surface area contributed by atoms with E-state index in [-0.39, 0.29) is 4.90 Å². The van der Waals surface area contributed by atoms with Crippen LogP contribution in [0.3, 0.4) is 0 Å². The summed E-state index contributed by atoms with van der Waals surface area (Å²) in [5.41, 5.74) is 1.42. The van der Waals surface area contributed by atoms with Crippen molar-refractivity contribution in [3.8, 4) is 0 Å². The molecule has 0 unspecified atom stereocenters. The molecule has 21 heavy (non-hydrogen) atoms. The first-order valence-electron chi connectivity index (χ1n) is 5.64. The normalized spacial score (nSPS) is 11.5. The second-order valence-electron chi connectivity index (χ2n) is 4.26. The molecule has 0 heterocycles. The summed E-state index contributed by atoms with van der Waals surface area (Å²) in [4.78, 5) is 0.176. The van der Waals surface area contributed by atoms with Crippen molar-refractivity contribution in [2.24, 2.45) is 0 Å². The molecule has 0 aliphatic heterocycles. The number of sulfonamides is 1. The third-order valence-electron chi connectivity index (χ3n) is 2.68. The molecule has 0 aliphatic carbocycles. The van der Waals surface area contributed by atoms with Crippen molar-refractivity contribution >= 4 is 79.4 Å². The van der Waals surface area contributed by atoms with Crippen LogP contribution < -0.4 is 4.72 Å². The maximum absolute atomic E-state index is 12.5. The van der Waals surface area contributed by atoms with E-state index < -0.39 is 10.0 Å². The summed E-state index contributed by atoms with van der Waals surface area (Å²) >= 11 is 13.3. The van der Waals surface area contributed by atoms with Gasteiger partial charge >= 0.3 is 0 Å². The number of halogens is 4. The molecular formula is C13H9Br4NO2S. The summed E-state index contributed by atoms with van der Waals surface area (Å²) in [6, 6.07) is 8.56. The fraction of sp³-hybridized carbons (Fsp3) is 0.0769. The maximum atomic E-state index is 12.5. The van der Waals surface area contributed by atoms with E-state index in [0.29, 0.717) is 14.6 Å². The number of rotatable bonds is 3. The van der Waals surface area contributed by atoms with Gasteiger partial charge in [-0.2, -0.15) is 0 Å². The molecule has 0 bridgehead atoms. The van der Waals surface area contributed by atoms with Crippen LogP contribution in [0.1, 0.15) is 5.56 Å². The van der Waals surface area contributed by atoms with Crippen LogP contribution >= 0.6 is 63.7 Å². The van der Waals surface area contributed by atoms with Crippen molar-refractivity contribution in [3.63, 3.8) is 0 Å². The van der Waals surface area contributed by atoms with Gasteiger partial charge in [0, 0.05) is 17.9 Å². The molecule has 0 saturated carbocycles. The molecule has 0 atom stereocenters. The highest BCUT2D eigenvalue weighted by molar-refractivity contribution is 9.11. The Balaban J connectivity index is 2.46. The van der Waals surface area contributed by atoms with Gasteiger partial charge < -0.3 is 0 Å². The summed E-state index contributed by atoms with van der Waals surface area (Å²) in [5, 5.41) is 0. The number of hydrogen-bond donors (Lipinski definition) is 1. The van der Waals surface area contributed by atoms with Crippen LogP contribution in [0.15, 0.2) is 53.1 Å². The molecule has 2 aromatic carbocycles. The van der Waals surface area contributed by atoms with Gasteiger partial charge in [0.15, 0.2) is 0 Å². The van der Waals surface area contributed by atoms with Crippen molar-refractivity contribution in [1.29, 1.82) is 0 Å². The van der Waals surface area contributed by atoms with Gasteiger partial charge in [-0.25, -0.2) is 8.42 Å². The number of nitrogens with one attached hydrogen (secondary N) is 1. The van der Waals surface area contributed by atoms with E-state index >= 15 is 0 Å². The van der Waals surface area contributed by atoms with Crippen LogP contribution in [0.25, 0.3) is 0 Å². The molecule has 0 radical (unpaired) electrons. The summed E-state index contributed by atoms with van der Waals surface area (Å²) in [5.74, 6) is 0. The van der Waals surface area contributed by atoms with Crippen molar-refractivity contribution in [1.82, 2.24) is 0 Å². The molecule has 3 nitrogen and oxygen atoms in total. The Morgan fingerprint density at radius 3 is 2.19 bits per heavy atom. The Bertz CT molecular complexity index is 806. The molecule has 2 rings (SSSR count). The number of hydrogen-bond acceptors (Lipinski definition) is 2. The third kappa shape index (κ3) is 4.10. The summed E-state index contributed by atoms with van der Waals surface area (Å²) in [6.07, 6.45) is 0. The SMILES string of the molecule is Cc1cc(Br)c(S(=O)(=O)Nc2ccc(Br)cc2Br)cc1Br. The molecule has 8 heteroatoms. The van der Waals surface area contributed by atoms with Crippen LogP contribution in [0, 0.1) is 6.92 Å². The van der Waals surface area contributed by atoms with Gasteiger partial charge in [0.05, 0.1) is 5.69 Å². The first-order valence-corrected chi connectivity index (χ1v) is 10.3. The lowest BCUT2D eigenvalue weighted by Crippen LogP contribution is -2.14. The minimum atomic E-state index is -3.69. The highest BCUT2D eigenvalue weighted by Gasteiger charge is 2.20. The lowest BCUT2D eigenvalue weighted by atomic mass is 10.2. The first kappa shape index (κ1) is 17.5. The zero-order valence-electron chi connectivity index (χ0n) is 10.6. The van der Waals surface area contributed by atoms with E-state index in [4.69, 9.17) is 0 Å². The van der Waals surface area contributed by atoms with Crippen LogP contribution in [-0.2, 0) is 10.0 Å². The van der Waals surface area contributed by atoms with Crippen LogP contribution in [0.5, 0.6) is 0 Å². The van der Waals surface area contributed by atoms with E-state index in [2.05, 4.69) is 68.4 Å². The molecule has 0 aromatic heterocycles. The van der Waals surface area contributed by atoms with E-state index in [9.17, 15) is 8.42 Å². The van der Waals surface area contributed by atoms with Crippen LogP contribution in [-0.4, -0.2) is 8.42 Å². The minimum absolute atomic E-state index is 0.176. The fourth-order valence-electron chi connectivity index (χ4n) is 1.61. The molecule has 1 N–H and O–H groups in total. The van der Waals surface area contributed by atoms with Gasteiger partial charge in [-0.3, -0.25) is 4.72 Å². The summed E-state index contributed by atoms with van der Waals surface area (Å²) in [6.45, 7) is 1.89. The second kappa shape index (κ2) is 6.70. The number of benzene rings is 2. The second-order valence-corrected chi connectivity index (χ2v) is 9.39. The Morgan fingerprint density at radius 1 is 0.905 bits per heavy atom. The molecule has 2 aromatic rings. The fourth-order valence-corrected chi connectivity index (χ4v) is 5.64. The predicted molar refractivity (Wildman–Crippen MR) is 99.2 cm³/mol. The van der Waals surface area contributed by atoms with Crippen molar-refractivity contribution < 1.29 is 8.42 Å². The standard InChI is InChI=1S/C13H9Br4NO2S/c1-7-4-11(17)13(6-9(7)15)21(19,20)18-12-3-2-8(14)5-10(12)16/h2-6,18H,1H3. The monoisotopic (exact) mass is 559 g/mol. The van der Waals surface area contributed by atoms with Crippen LogP contribution in [0.4, 0.5) is 5.69 Å². The Morgan fingerprint density at radius 2 is 1.57 bits per heavy atom. The zero-order chi connectivity index (χ0) is 15.8. The topological polar surface area (TPSA) is 46.2 Å². The van der Waals surface area contributed by atoms with Gasteiger partial charge in [-0.15, -0.1) is 0 Å². The smallest absolute Gasteiger partial charge is 0.263 e. The molecule has 0 saturated heterocycles. The molecule has 0 spiro atoms. The molecule has 112 valence electrons. The third-order valence-corrected chi connectivity index (χ3v) is 7.01. The Labute approximate surface area is 157 Å². The van der Waals surface area contributed by atoms with Crippen molar-refractivity contribution in [3.05, 3.63) is 53.8 Å². The molecule has 0 amide bonds. The number of anilines is 1. The lowest BCUT2D eigenvalue weighted by molar-refractivity contribution is 0.600. The zero-order valence-corrected chi connectivity index (χ0v) is 17.8. The Hall–Kier alpha value is 0.110. The van der Waals surface area contributed by atoms with Crippen molar-refractivity contribution in [2.45, 2.75) is 11.8 Å². The molecular weight excluding hydrogens is 554 g/mol. The van der Waals surface area contributed by atoms with E-state index in [1.165, 1.54) is 0 Å². The average molecular weight is 563 g/mol. The van der Waals surface area contributed by atoms with Gasteiger partial charge in [-0.05, 0) is 74.7 Å². The van der Waals surface area contributed by atoms with Gasteiger partial charge in [0.1, 0.15) is 4.90 Å². The first-order chi connectivity index (χ1) is 9.70. The minimum Gasteiger partial charge on any atom is -0.278 e. The highest BCUT2D eigenvalue weighted by Crippen LogP contribution is 2.32. The Kier molecular flexibility index (Phi) is 5.57. The lowest BCUT2D eigenvalue weighted by Gasteiger charge is -2.12. The predicted octanol–water partition coefficient (Wildman–Crippen LogP) is 5.85.